The number of carbonyl (C=O) groups excluding carboxylic acids is 1. The van der Waals surface area contributed by atoms with E-state index < -0.39 is 0 Å². The number of rotatable bonds is 1. The van der Waals surface area contributed by atoms with Crippen molar-refractivity contribution in [3.63, 3.8) is 0 Å². The van der Waals surface area contributed by atoms with Gasteiger partial charge in [0.2, 0.25) is 11.9 Å². The fourth-order valence-corrected chi connectivity index (χ4v) is 2.03. The Balaban J connectivity index is 2.33. The molecule has 0 bridgehead atoms. The van der Waals surface area contributed by atoms with E-state index in [0.717, 1.165) is 11.4 Å². The van der Waals surface area contributed by atoms with Crippen molar-refractivity contribution >= 4 is 24.5 Å². The normalized spacial score (nSPS) is 21.1. The fourth-order valence-electron chi connectivity index (χ4n) is 1.71. The Morgan fingerprint density at radius 3 is 2.47 bits per heavy atom. The van der Waals surface area contributed by atoms with Gasteiger partial charge in [0.1, 0.15) is 0 Å². The van der Waals surface area contributed by atoms with Crippen molar-refractivity contribution in [2.45, 2.75) is 25.5 Å². The number of aryl methyl sites for hydroxylation is 2. The topological polar surface area (TPSA) is 46.1 Å². The molecular weight excluding hydrogens is 210 g/mol. The predicted octanol–water partition coefficient (Wildman–Crippen LogP) is 1.13. The van der Waals surface area contributed by atoms with E-state index in [0.29, 0.717) is 18.9 Å². The molecule has 0 spiro atoms. The van der Waals surface area contributed by atoms with E-state index in [1.165, 1.54) is 0 Å². The Bertz CT molecular complexity index is 387. The SMILES string of the molecule is Cc1cc(C)nc(N2CC(S)CC2=O)n1. The first-order valence-corrected chi connectivity index (χ1v) is 5.38. The molecule has 2 heterocycles. The van der Waals surface area contributed by atoms with E-state index in [-0.39, 0.29) is 11.2 Å². The minimum Gasteiger partial charge on any atom is -0.280 e. The number of hydrogen-bond acceptors (Lipinski definition) is 4. The molecule has 1 amide bonds. The Labute approximate surface area is 94.1 Å². The van der Waals surface area contributed by atoms with Gasteiger partial charge in [-0.2, -0.15) is 12.6 Å². The number of thiol groups is 1. The maximum absolute atomic E-state index is 11.6. The van der Waals surface area contributed by atoms with Crippen molar-refractivity contribution < 1.29 is 4.79 Å². The van der Waals surface area contributed by atoms with Crippen LogP contribution in [0, 0.1) is 13.8 Å². The summed E-state index contributed by atoms with van der Waals surface area (Å²) < 4.78 is 0. The third-order valence-electron chi connectivity index (χ3n) is 2.32. The van der Waals surface area contributed by atoms with Crippen molar-refractivity contribution in [2.75, 3.05) is 11.4 Å². The van der Waals surface area contributed by atoms with Crippen LogP contribution in [-0.2, 0) is 4.79 Å². The lowest BCUT2D eigenvalue weighted by atomic mass is 10.3. The maximum atomic E-state index is 11.6. The van der Waals surface area contributed by atoms with Crippen molar-refractivity contribution in [2.24, 2.45) is 0 Å². The quantitative estimate of drug-likeness (QED) is 0.726. The summed E-state index contributed by atoms with van der Waals surface area (Å²) in [7, 11) is 0. The van der Waals surface area contributed by atoms with Gasteiger partial charge in [-0.3, -0.25) is 9.69 Å². The largest absolute Gasteiger partial charge is 0.280 e. The molecule has 0 aromatic carbocycles. The minimum atomic E-state index is 0.0556. The molecule has 1 unspecified atom stereocenters. The first kappa shape index (κ1) is 10.4. The second-order valence-corrected chi connectivity index (χ2v) is 4.54. The highest BCUT2D eigenvalue weighted by molar-refractivity contribution is 7.81. The highest BCUT2D eigenvalue weighted by Crippen LogP contribution is 2.21. The van der Waals surface area contributed by atoms with E-state index in [4.69, 9.17) is 0 Å². The molecule has 0 radical (unpaired) electrons. The summed E-state index contributed by atoms with van der Waals surface area (Å²) in [6.45, 7) is 4.40. The first-order valence-electron chi connectivity index (χ1n) is 4.87. The van der Waals surface area contributed by atoms with Gasteiger partial charge in [-0.15, -0.1) is 0 Å². The molecule has 1 aliphatic rings. The lowest BCUT2D eigenvalue weighted by Crippen LogP contribution is -2.27. The summed E-state index contributed by atoms with van der Waals surface area (Å²) in [5.41, 5.74) is 1.76. The number of amides is 1. The number of hydrogen-bond donors (Lipinski definition) is 1. The van der Waals surface area contributed by atoms with Crippen LogP contribution in [-0.4, -0.2) is 27.7 Å². The van der Waals surface area contributed by atoms with Gasteiger partial charge in [-0.05, 0) is 19.9 Å². The zero-order valence-corrected chi connectivity index (χ0v) is 9.66. The summed E-state index contributed by atoms with van der Waals surface area (Å²) >= 11 is 4.30. The first-order chi connectivity index (χ1) is 7.06. The van der Waals surface area contributed by atoms with Crippen LogP contribution in [0.1, 0.15) is 17.8 Å². The minimum absolute atomic E-state index is 0.0556. The van der Waals surface area contributed by atoms with E-state index >= 15 is 0 Å². The van der Waals surface area contributed by atoms with Crippen LogP contribution < -0.4 is 4.90 Å². The van der Waals surface area contributed by atoms with E-state index in [1.54, 1.807) is 4.90 Å². The van der Waals surface area contributed by atoms with Crippen molar-refractivity contribution in [1.82, 2.24) is 9.97 Å². The average Bonchev–Trinajstić information content (AvgIpc) is 2.43. The highest BCUT2D eigenvalue weighted by atomic mass is 32.1. The van der Waals surface area contributed by atoms with Gasteiger partial charge in [0.25, 0.3) is 0 Å². The molecule has 5 heteroatoms. The molecule has 80 valence electrons. The second kappa shape index (κ2) is 3.81. The second-order valence-electron chi connectivity index (χ2n) is 3.81. The van der Waals surface area contributed by atoms with Gasteiger partial charge in [-0.1, -0.05) is 0 Å². The fraction of sp³-hybridized carbons (Fsp3) is 0.500. The monoisotopic (exact) mass is 223 g/mol. The van der Waals surface area contributed by atoms with Crippen LogP contribution in [0.15, 0.2) is 6.07 Å². The zero-order chi connectivity index (χ0) is 11.0. The van der Waals surface area contributed by atoms with E-state index in [9.17, 15) is 4.79 Å². The number of anilines is 1. The molecule has 1 saturated heterocycles. The Kier molecular flexibility index (Phi) is 2.65. The molecule has 1 aromatic heterocycles. The number of aromatic nitrogens is 2. The molecule has 1 aliphatic heterocycles. The van der Waals surface area contributed by atoms with Gasteiger partial charge in [-0.25, -0.2) is 9.97 Å². The Morgan fingerprint density at radius 1 is 1.40 bits per heavy atom. The summed E-state index contributed by atoms with van der Waals surface area (Å²) in [6.07, 6.45) is 0.472. The lowest BCUT2D eigenvalue weighted by molar-refractivity contribution is -0.117. The highest BCUT2D eigenvalue weighted by Gasteiger charge is 2.30. The lowest BCUT2D eigenvalue weighted by Gasteiger charge is -2.14. The van der Waals surface area contributed by atoms with Gasteiger partial charge in [0.15, 0.2) is 0 Å². The van der Waals surface area contributed by atoms with Gasteiger partial charge >= 0.3 is 0 Å². The van der Waals surface area contributed by atoms with Crippen LogP contribution in [0.5, 0.6) is 0 Å². The van der Waals surface area contributed by atoms with Crippen molar-refractivity contribution in [1.29, 1.82) is 0 Å². The number of nitrogens with zero attached hydrogens (tertiary/aromatic N) is 3. The summed E-state index contributed by atoms with van der Waals surface area (Å²) in [5.74, 6) is 0.564. The molecule has 0 saturated carbocycles. The van der Waals surface area contributed by atoms with Gasteiger partial charge in [0, 0.05) is 29.6 Å². The maximum Gasteiger partial charge on any atom is 0.232 e. The average molecular weight is 223 g/mol. The molecule has 2 rings (SSSR count). The molecule has 15 heavy (non-hydrogen) atoms. The van der Waals surface area contributed by atoms with Crippen LogP contribution in [0.25, 0.3) is 0 Å². The summed E-state index contributed by atoms with van der Waals surface area (Å²) in [6, 6.07) is 1.89. The van der Waals surface area contributed by atoms with Crippen LogP contribution in [0.3, 0.4) is 0 Å². The third kappa shape index (κ3) is 2.12. The van der Waals surface area contributed by atoms with E-state index in [2.05, 4.69) is 22.6 Å². The standard InChI is InChI=1S/C10H13N3OS/c1-6-3-7(2)12-10(11-6)13-5-8(15)4-9(13)14/h3,8,15H,4-5H2,1-2H3. The summed E-state index contributed by atoms with van der Waals surface area (Å²) in [4.78, 5) is 21.7. The van der Waals surface area contributed by atoms with Gasteiger partial charge in [0.05, 0.1) is 0 Å². The molecule has 1 fully saturated rings. The van der Waals surface area contributed by atoms with Crippen LogP contribution in [0.4, 0.5) is 5.95 Å². The molecule has 4 nitrogen and oxygen atoms in total. The van der Waals surface area contributed by atoms with Crippen LogP contribution >= 0.6 is 12.6 Å². The molecular formula is C10H13N3OS. The number of carbonyl (C=O) groups is 1. The van der Waals surface area contributed by atoms with Crippen molar-refractivity contribution in [3.8, 4) is 0 Å². The van der Waals surface area contributed by atoms with Crippen molar-refractivity contribution in [3.05, 3.63) is 17.5 Å². The Morgan fingerprint density at radius 2 is 2.00 bits per heavy atom. The summed E-state index contributed by atoms with van der Waals surface area (Å²) in [5, 5.41) is 0.0990. The van der Waals surface area contributed by atoms with E-state index in [1.807, 2.05) is 19.9 Å². The molecule has 0 aliphatic carbocycles. The third-order valence-corrected chi connectivity index (χ3v) is 2.66. The molecule has 0 N–H and O–H groups in total. The Hall–Kier alpha value is -1.10. The smallest absolute Gasteiger partial charge is 0.232 e. The zero-order valence-electron chi connectivity index (χ0n) is 8.77. The van der Waals surface area contributed by atoms with Gasteiger partial charge < -0.3 is 0 Å². The van der Waals surface area contributed by atoms with Crippen LogP contribution in [0.2, 0.25) is 0 Å². The molecule has 1 atom stereocenters. The predicted molar refractivity (Wildman–Crippen MR) is 61.3 cm³/mol. The molecule has 1 aromatic rings.